The summed E-state index contributed by atoms with van der Waals surface area (Å²) < 4.78 is 7.50. The van der Waals surface area contributed by atoms with Gasteiger partial charge in [-0.2, -0.15) is 5.10 Å². The molecule has 0 aliphatic carbocycles. The van der Waals surface area contributed by atoms with Crippen LogP contribution in [-0.4, -0.2) is 40.3 Å². The van der Waals surface area contributed by atoms with Crippen LogP contribution in [0.5, 0.6) is 0 Å². The number of aromatic nitrogens is 3. The molecule has 0 aliphatic rings. The van der Waals surface area contributed by atoms with Crippen molar-refractivity contribution in [3.63, 3.8) is 0 Å². The maximum atomic E-state index is 12.9. The first-order valence-electron chi connectivity index (χ1n) is 9.23. The van der Waals surface area contributed by atoms with Crippen molar-refractivity contribution >= 4 is 41.8 Å². The van der Waals surface area contributed by atoms with Crippen LogP contribution in [0.25, 0.3) is 22.3 Å². The summed E-state index contributed by atoms with van der Waals surface area (Å²) in [4.78, 5) is 17.7. The molecule has 0 aromatic carbocycles. The molecule has 7 nitrogen and oxygen atoms in total. The van der Waals surface area contributed by atoms with E-state index >= 15 is 0 Å². The van der Waals surface area contributed by atoms with E-state index in [1.807, 2.05) is 58.5 Å². The minimum absolute atomic E-state index is 0. The van der Waals surface area contributed by atoms with E-state index in [-0.39, 0.29) is 42.8 Å². The Morgan fingerprint density at radius 1 is 1.21 bits per heavy atom. The summed E-state index contributed by atoms with van der Waals surface area (Å²) in [5.41, 5.74) is 2.88. The highest BCUT2D eigenvalue weighted by molar-refractivity contribution is 6.06. The molecular formula is C20H29Cl2N5O2. The van der Waals surface area contributed by atoms with Crippen LogP contribution in [0.2, 0.25) is 0 Å². The van der Waals surface area contributed by atoms with E-state index in [0.717, 1.165) is 22.5 Å². The first kappa shape index (κ1) is 24.9. The summed E-state index contributed by atoms with van der Waals surface area (Å²) in [6.45, 7) is 10.5. The predicted octanol–water partition coefficient (Wildman–Crippen LogP) is 4.07. The minimum atomic E-state index is -0.132. The molecule has 3 rings (SSSR count). The molecule has 0 aliphatic heterocycles. The molecule has 3 aromatic rings. The summed E-state index contributed by atoms with van der Waals surface area (Å²) in [7, 11) is 1.87. The van der Waals surface area contributed by atoms with E-state index in [1.165, 1.54) is 0 Å². The molecule has 0 spiro atoms. The van der Waals surface area contributed by atoms with E-state index in [1.54, 1.807) is 6.20 Å². The van der Waals surface area contributed by atoms with Gasteiger partial charge in [-0.05, 0) is 53.8 Å². The first-order valence-corrected chi connectivity index (χ1v) is 9.23. The van der Waals surface area contributed by atoms with E-state index in [0.29, 0.717) is 23.4 Å². The maximum absolute atomic E-state index is 12.9. The lowest BCUT2D eigenvalue weighted by Crippen LogP contribution is -2.37. The molecule has 1 atom stereocenters. The molecule has 0 fully saturated rings. The van der Waals surface area contributed by atoms with E-state index in [9.17, 15) is 4.79 Å². The Labute approximate surface area is 183 Å². The number of carbonyl (C=O) groups is 1. The number of furan rings is 1. The van der Waals surface area contributed by atoms with Gasteiger partial charge in [0.25, 0.3) is 5.91 Å². The molecule has 3 heterocycles. The lowest BCUT2D eigenvalue weighted by Gasteiger charge is -2.13. The van der Waals surface area contributed by atoms with Crippen LogP contribution in [0.4, 0.5) is 0 Å². The van der Waals surface area contributed by atoms with Crippen LogP contribution >= 0.6 is 24.8 Å². The number of nitrogens with one attached hydrogen (secondary N) is 2. The zero-order chi connectivity index (χ0) is 19.7. The number of fused-ring (bicyclic) bond motifs is 1. The van der Waals surface area contributed by atoms with Gasteiger partial charge in [0.05, 0.1) is 22.8 Å². The topological polar surface area (TPSA) is 85.0 Å². The van der Waals surface area contributed by atoms with Gasteiger partial charge in [0.2, 0.25) is 0 Å². The minimum Gasteiger partial charge on any atom is -0.466 e. The van der Waals surface area contributed by atoms with Crippen LogP contribution in [0.1, 0.15) is 48.7 Å². The SMILES string of the molecule is CNC(C)CNC(=O)c1cc(-c2cc(C)oc2C)nc2c1cnn2C(C)C.Cl.Cl. The fraction of sp³-hybridized carbons (Fsp3) is 0.450. The Hall–Kier alpha value is -2.09. The lowest BCUT2D eigenvalue weighted by atomic mass is 10.1. The summed E-state index contributed by atoms with van der Waals surface area (Å²) in [6.07, 6.45) is 1.72. The average Bonchev–Trinajstić information content (AvgIpc) is 3.20. The first-order chi connectivity index (χ1) is 12.8. The third-order valence-electron chi connectivity index (χ3n) is 4.68. The molecule has 1 unspecified atom stereocenters. The van der Waals surface area contributed by atoms with Crippen molar-refractivity contribution in [1.29, 1.82) is 0 Å². The molecule has 0 bridgehead atoms. The number of nitrogens with zero attached hydrogens (tertiary/aromatic N) is 3. The van der Waals surface area contributed by atoms with Crippen LogP contribution in [0, 0.1) is 13.8 Å². The molecule has 0 saturated carbocycles. The summed E-state index contributed by atoms with van der Waals surface area (Å²) in [6, 6.07) is 4.09. The zero-order valence-corrected chi connectivity index (χ0v) is 19.2. The second kappa shape index (κ2) is 10.1. The second-order valence-electron chi connectivity index (χ2n) is 7.20. The quantitative estimate of drug-likeness (QED) is 0.601. The van der Waals surface area contributed by atoms with Crippen molar-refractivity contribution in [2.24, 2.45) is 0 Å². The monoisotopic (exact) mass is 441 g/mol. The fourth-order valence-corrected chi connectivity index (χ4v) is 3.05. The number of hydrogen-bond acceptors (Lipinski definition) is 5. The van der Waals surface area contributed by atoms with E-state index < -0.39 is 0 Å². The molecule has 0 saturated heterocycles. The van der Waals surface area contributed by atoms with Crippen LogP contribution in [0.3, 0.4) is 0 Å². The van der Waals surface area contributed by atoms with Gasteiger partial charge in [0, 0.05) is 24.2 Å². The fourth-order valence-electron chi connectivity index (χ4n) is 3.05. The molecule has 3 aromatic heterocycles. The number of rotatable bonds is 6. The lowest BCUT2D eigenvalue weighted by molar-refractivity contribution is 0.0952. The largest absolute Gasteiger partial charge is 0.466 e. The summed E-state index contributed by atoms with van der Waals surface area (Å²) >= 11 is 0. The Bertz CT molecular complexity index is 981. The highest BCUT2D eigenvalue weighted by Gasteiger charge is 2.20. The molecule has 2 N–H and O–H groups in total. The third-order valence-corrected chi connectivity index (χ3v) is 4.68. The van der Waals surface area contributed by atoms with Crippen molar-refractivity contribution in [2.75, 3.05) is 13.6 Å². The van der Waals surface area contributed by atoms with Gasteiger partial charge >= 0.3 is 0 Å². The second-order valence-corrected chi connectivity index (χ2v) is 7.20. The van der Waals surface area contributed by atoms with Crippen molar-refractivity contribution < 1.29 is 9.21 Å². The number of aryl methyl sites for hydroxylation is 2. The Kier molecular flexibility index (Phi) is 8.68. The number of halogens is 2. The molecular weight excluding hydrogens is 413 g/mol. The molecule has 29 heavy (non-hydrogen) atoms. The number of likely N-dealkylation sites (N-methyl/N-ethyl adjacent to an activating group) is 1. The normalized spacial score (nSPS) is 11.8. The van der Waals surface area contributed by atoms with Gasteiger partial charge in [-0.25, -0.2) is 9.67 Å². The number of hydrogen-bond donors (Lipinski definition) is 2. The third kappa shape index (κ3) is 5.10. The van der Waals surface area contributed by atoms with E-state index in [2.05, 4.69) is 15.7 Å². The molecule has 1 amide bonds. The number of amides is 1. The molecule has 160 valence electrons. The average molecular weight is 442 g/mol. The maximum Gasteiger partial charge on any atom is 0.252 e. The highest BCUT2D eigenvalue weighted by Crippen LogP contribution is 2.30. The van der Waals surface area contributed by atoms with Crippen molar-refractivity contribution in [3.05, 3.63) is 35.4 Å². The number of pyridine rings is 1. The zero-order valence-electron chi connectivity index (χ0n) is 17.6. The van der Waals surface area contributed by atoms with Crippen molar-refractivity contribution in [1.82, 2.24) is 25.4 Å². The Morgan fingerprint density at radius 2 is 1.90 bits per heavy atom. The van der Waals surface area contributed by atoms with Gasteiger partial charge in [-0.1, -0.05) is 0 Å². The van der Waals surface area contributed by atoms with Gasteiger partial charge in [0.15, 0.2) is 5.65 Å². The molecule has 0 radical (unpaired) electrons. The Morgan fingerprint density at radius 3 is 2.45 bits per heavy atom. The van der Waals surface area contributed by atoms with Crippen LogP contribution in [-0.2, 0) is 0 Å². The van der Waals surface area contributed by atoms with Gasteiger partial charge in [0.1, 0.15) is 11.5 Å². The smallest absolute Gasteiger partial charge is 0.252 e. The van der Waals surface area contributed by atoms with Crippen LogP contribution in [0.15, 0.2) is 22.7 Å². The molecule has 9 heteroatoms. The van der Waals surface area contributed by atoms with Crippen molar-refractivity contribution in [2.45, 2.75) is 46.7 Å². The summed E-state index contributed by atoms with van der Waals surface area (Å²) in [5, 5.41) is 11.3. The highest BCUT2D eigenvalue weighted by atomic mass is 35.5. The predicted molar refractivity (Wildman–Crippen MR) is 120 cm³/mol. The van der Waals surface area contributed by atoms with Gasteiger partial charge in [-0.3, -0.25) is 4.79 Å². The van der Waals surface area contributed by atoms with Crippen LogP contribution < -0.4 is 10.6 Å². The van der Waals surface area contributed by atoms with Gasteiger partial charge in [-0.15, -0.1) is 24.8 Å². The standard InChI is InChI=1S/C20H27N5O2.2ClH/c1-11(2)25-19-17(10-23-25)16(20(26)22-9-12(3)21-6)8-18(24-19)15-7-13(4)27-14(15)5;;/h7-8,10-12,21H,9H2,1-6H3,(H,22,26);2*1H. The Balaban J connectivity index is 0.00000210. The van der Waals surface area contributed by atoms with Crippen molar-refractivity contribution in [3.8, 4) is 11.3 Å². The van der Waals surface area contributed by atoms with E-state index in [4.69, 9.17) is 9.40 Å². The van der Waals surface area contributed by atoms with Gasteiger partial charge < -0.3 is 15.1 Å². The number of carbonyl (C=O) groups excluding carboxylic acids is 1. The summed E-state index contributed by atoms with van der Waals surface area (Å²) in [5.74, 6) is 1.47.